The first kappa shape index (κ1) is 16.5. The SMILES string of the molecule is CC1CN(C(=O)c2cccc(NC(=O)C3CC3)c2)CCC1C(=O)O. The van der Waals surface area contributed by atoms with Crippen molar-refractivity contribution in [1.29, 1.82) is 0 Å². The number of likely N-dealkylation sites (tertiary alicyclic amines) is 1. The molecule has 0 radical (unpaired) electrons. The van der Waals surface area contributed by atoms with Gasteiger partial charge in [-0.05, 0) is 43.4 Å². The van der Waals surface area contributed by atoms with Crippen LogP contribution in [-0.2, 0) is 9.59 Å². The number of hydrogen-bond acceptors (Lipinski definition) is 3. The second-order valence-electron chi connectivity index (χ2n) is 6.81. The summed E-state index contributed by atoms with van der Waals surface area (Å²) in [4.78, 5) is 37.4. The third-order valence-electron chi connectivity index (χ3n) is 4.83. The highest BCUT2D eigenvalue weighted by molar-refractivity contribution is 5.98. The summed E-state index contributed by atoms with van der Waals surface area (Å²) in [5.41, 5.74) is 1.15. The Kier molecular flexibility index (Phi) is 4.55. The van der Waals surface area contributed by atoms with Crippen LogP contribution in [0.5, 0.6) is 0 Å². The maximum absolute atomic E-state index is 12.7. The van der Waals surface area contributed by atoms with Gasteiger partial charge in [0, 0.05) is 30.3 Å². The second-order valence-corrected chi connectivity index (χ2v) is 6.81. The van der Waals surface area contributed by atoms with Gasteiger partial charge in [-0.1, -0.05) is 13.0 Å². The summed E-state index contributed by atoms with van der Waals surface area (Å²) in [7, 11) is 0. The third kappa shape index (κ3) is 3.58. The molecule has 0 spiro atoms. The van der Waals surface area contributed by atoms with E-state index in [2.05, 4.69) is 5.32 Å². The molecular weight excluding hydrogens is 308 g/mol. The molecule has 3 rings (SSSR count). The van der Waals surface area contributed by atoms with Crippen LogP contribution in [0.1, 0.15) is 36.5 Å². The molecule has 2 unspecified atom stereocenters. The van der Waals surface area contributed by atoms with Crippen LogP contribution < -0.4 is 5.32 Å². The van der Waals surface area contributed by atoms with Gasteiger partial charge >= 0.3 is 5.97 Å². The fourth-order valence-electron chi connectivity index (χ4n) is 3.20. The van der Waals surface area contributed by atoms with Gasteiger partial charge in [-0.15, -0.1) is 0 Å². The molecule has 1 heterocycles. The van der Waals surface area contributed by atoms with Gasteiger partial charge in [-0.2, -0.15) is 0 Å². The summed E-state index contributed by atoms with van der Waals surface area (Å²) in [5.74, 6) is -1.25. The van der Waals surface area contributed by atoms with Crippen molar-refractivity contribution in [3.8, 4) is 0 Å². The molecular formula is C18H22N2O4. The maximum atomic E-state index is 12.7. The van der Waals surface area contributed by atoms with Crippen LogP contribution in [0.25, 0.3) is 0 Å². The molecule has 1 aliphatic heterocycles. The predicted octanol–water partition coefficient (Wildman–Crippen LogP) is 2.22. The number of carbonyl (C=O) groups excluding carboxylic acids is 2. The molecule has 24 heavy (non-hydrogen) atoms. The average molecular weight is 330 g/mol. The number of nitrogens with zero attached hydrogens (tertiary/aromatic N) is 1. The van der Waals surface area contributed by atoms with E-state index in [1.165, 1.54) is 0 Å². The molecule has 1 aromatic carbocycles. The highest BCUT2D eigenvalue weighted by Gasteiger charge is 2.33. The summed E-state index contributed by atoms with van der Waals surface area (Å²) < 4.78 is 0. The summed E-state index contributed by atoms with van der Waals surface area (Å²) in [5, 5.41) is 12.0. The predicted molar refractivity (Wildman–Crippen MR) is 88.6 cm³/mol. The summed E-state index contributed by atoms with van der Waals surface area (Å²) in [6.45, 7) is 2.75. The number of piperidine rings is 1. The number of amides is 2. The van der Waals surface area contributed by atoms with Gasteiger partial charge in [0.25, 0.3) is 5.91 Å². The molecule has 0 bridgehead atoms. The minimum atomic E-state index is -0.792. The second kappa shape index (κ2) is 6.63. The standard InChI is InChI=1S/C18H22N2O4/c1-11-10-20(8-7-15(11)18(23)24)17(22)13-3-2-4-14(9-13)19-16(21)12-5-6-12/h2-4,9,11-12,15H,5-8,10H2,1H3,(H,19,21)(H,23,24). The monoisotopic (exact) mass is 330 g/mol. The van der Waals surface area contributed by atoms with E-state index < -0.39 is 11.9 Å². The number of hydrogen-bond donors (Lipinski definition) is 2. The van der Waals surface area contributed by atoms with Crippen molar-refractivity contribution < 1.29 is 19.5 Å². The zero-order valence-corrected chi connectivity index (χ0v) is 13.7. The van der Waals surface area contributed by atoms with E-state index in [0.717, 1.165) is 12.8 Å². The molecule has 2 atom stereocenters. The number of carboxylic acid groups (broad SMARTS) is 1. The Morgan fingerprint density at radius 3 is 2.58 bits per heavy atom. The Morgan fingerprint density at radius 1 is 1.21 bits per heavy atom. The van der Waals surface area contributed by atoms with Crippen molar-refractivity contribution in [3.05, 3.63) is 29.8 Å². The lowest BCUT2D eigenvalue weighted by atomic mass is 9.87. The Labute approximate surface area is 140 Å². The van der Waals surface area contributed by atoms with Crippen molar-refractivity contribution in [3.63, 3.8) is 0 Å². The molecule has 1 aliphatic carbocycles. The van der Waals surface area contributed by atoms with E-state index in [4.69, 9.17) is 0 Å². The first-order valence-electron chi connectivity index (χ1n) is 8.38. The Morgan fingerprint density at radius 2 is 1.96 bits per heavy atom. The molecule has 6 heteroatoms. The van der Waals surface area contributed by atoms with E-state index in [-0.39, 0.29) is 23.7 Å². The summed E-state index contributed by atoms with van der Waals surface area (Å²) in [6.07, 6.45) is 2.34. The Bertz CT molecular complexity index is 669. The van der Waals surface area contributed by atoms with Crippen molar-refractivity contribution in [2.75, 3.05) is 18.4 Å². The lowest BCUT2D eigenvalue weighted by molar-refractivity contribution is -0.145. The van der Waals surface area contributed by atoms with E-state index >= 15 is 0 Å². The highest BCUT2D eigenvalue weighted by Crippen LogP contribution is 2.30. The lowest BCUT2D eigenvalue weighted by Gasteiger charge is -2.35. The van der Waals surface area contributed by atoms with Gasteiger partial charge in [0.2, 0.25) is 5.91 Å². The zero-order valence-electron chi connectivity index (χ0n) is 13.7. The van der Waals surface area contributed by atoms with Crippen LogP contribution in [0.2, 0.25) is 0 Å². The number of nitrogens with one attached hydrogen (secondary N) is 1. The molecule has 1 saturated carbocycles. The van der Waals surface area contributed by atoms with Gasteiger partial charge in [0.1, 0.15) is 0 Å². The van der Waals surface area contributed by atoms with Gasteiger partial charge in [-0.25, -0.2) is 0 Å². The number of carboxylic acids is 1. The average Bonchev–Trinajstić information content (AvgIpc) is 3.39. The molecule has 1 aromatic rings. The topological polar surface area (TPSA) is 86.7 Å². The van der Waals surface area contributed by atoms with Crippen molar-refractivity contribution in [1.82, 2.24) is 4.90 Å². The lowest BCUT2D eigenvalue weighted by Crippen LogP contribution is -2.45. The van der Waals surface area contributed by atoms with Crippen LogP contribution in [-0.4, -0.2) is 40.9 Å². The molecule has 0 aromatic heterocycles. The molecule has 6 nitrogen and oxygen atoms in total. The van der Waals surface area contributed by atoms with Gasteiger partial charge in [-0.3, -0.25) is 14.4 Å². The van der Waals surface area contributed by atoms with Crippen LogP contribution in [0, 0.1) is 17.8 Å². The van der Waals surface area contributed by atoms with Crippen LogP contribution in [0.4, 0.5) is 5.69 Å². The maximum Gasteiger partial charge on any atom is 0.306 e. The quantitative estimate of drug-likeness (QED) is 0.886. The fraction of sp³-hybridized carbons (Fsp3) is 0.500. The smallest absolute Gasteiger partial charge is 0.306 e. The molecule has 2 aliphatic rings. The fourth-order valence-corrected chi connectivity index (χ4v) is 3.20. The number of anilines is 1. The minimum Gasteiger partial charge on any atom is -0.481 e. The molecule has 2 amide bonds. The van der Waals surface area contributed by atoms with Crippen LogP contribution >= 0.6 is 0 Å². The minimum absolute atomic E-state index is 0.00972. The van der Waals surface area contributed by atoms with E-state index in [1.807, 2.05) is 6.92 Å². The van der Waals surface area contributed by atoms with E-state index in [1.54, 1.807) is 29.2 Å². The summed E-state index contributed by atoms with van der Waals surface area (Å²) >= 11 is 0. The van der Waals surface area contributed by atoms with Crippen LogP contribution in [0.15, 0.2) is 24.3 Å². The number of aliphatic carboxylic acids is 1. The summed E-state index contributed by atoms with van der Waals surface area (Å²) in [6, 6.07) is 6.94. The molecule has 2 fully saturated rings. The first-order valence-corrected chi connectivity index (χ1v) is 8.38. The molecule has 2 N–H and O–H groups in total. The number of carbonyl (C=O) groups is 3. The molecule has 1 saturated heterocycles. The van der Waals surface area contributed by atoms with E-state index in [9.17, 15) is 19.5 Å². The first-order chi connectivity index (χ1) is 11.5. The van der Waals surface area contributed by atoms with Crippen molar-refractivity contribution >= 4 is 23.5 Å². The number of benzene rings is 1. The van der Waals surface area contributed by atoms with E-state index in [0.29, 0.717) is 30.8 Å². The van der Waals surface area contributed by atoms with Gasteiger partial charge < -0.3 is 15.3 Å². The normalized spacial score (nSPS) is 23.6. The third-order valence-corrected chi connectivity index (χ3v) is 4.83. The highest BCUT2D eigenvalue weighted by atomic mass is 16.4. The largest absolute Gasteiger partial charge is 0.481 e. The van der Waals surface area contributed by atoms with Crippen molar-refractivity contribution in [2.45, 2.75) is 26.2 Å². The molecule has 128 valence electrons. The number of rotatable bonds is 4. The van der Waals surface area contributed by atoms with Gasteiger partial charge in [0.05, 0.1) is 5.92 Å². The van der Waals surface area contributed by atoms with Gasteiger partial charge in [0.15, 0.2) is 0 Å². The zero-order chi connectivity index (χ0) is 17.3. The Hall–Kier alpha value is -2.37. The Balaban J connectivity index is 1.66. The van der Waals surface area contributed by atoms with Crippen LogP contribution in [0.3, 0.4) is 0 Å². The van der Waals surface area contributed by atoms with Crippen molar-refractivity contribution in [2.24, 2.45) is 17.8 Å².